The fourth-order valence-electron chi connectivity index (χ4n) is 3.20. The zero-order valence-corrected chi connectivity index (χ0v) is 13.1. The number of hydrogen-bond donors (Lipinski definition) is 0. The lowest BCUT2D eigenvalue weighted by molar-refractivity contribution is 0.720. The fourth-order valence-corrected chi connectivity index (χ4v) is 3.37. The van der Waals surface area contributed by atoms with Gasteiger partial charge in [0, 0.05) is 47.5 Å². The molecule has 1 aromatic carbocycles. The van der Waals surface area contributed by atoms with Crippen LogP contribution in [0.15, 0.2) is 42.9 Å². The average molecular weight is 310 g/mol. The number of aromatic nitrogens is 2. The molecule has 0 bridgehead atoms. The van der Waals surface area contributed by atoms with Crippen molar-refractivity contribution in [3.63, 3.8) is 0 Å². The second-order valence-electron chi connectivity index (χ2n) is 5.71. The van der Waals surface area contributed by atoms with Gasteiger partial charge in [0.2, 0.25) is 0 Å². The highest BCUT2D eigenvalue weighted by atomic mass is 35.5. The summed E-state index contributed by atoms with van der Waals surface area (Å²) in [6.45, 7) is 3.93. The highest BCUT2D eigenvalue weighted by Gasteiger charge is 2.21. The van der Waals surface area contributed by atoms with Crippen molar-refractivity contribution in [2.45, 2.75) is 19.9 Å². The molecule has 0 aliphatic carbocycles. The lowest BCUT2D eigenvalue weighted by atomic mass is 9.95. The monoisotopic (exact) mass is 309 g/mol. The first-order chi connectivity index (χ1) is 10.7. The summed E-state index contributed by atoms with van der Waals surface area (Å²) in [4.78, 5) is 11.2. The van der Waals surface area contributed by atoms with Gasteiger partial charge in [0.05, 0.1) is 0 Å². The van der Waals surface area contributed by atoms with Crippen molar-refractivity contribution in [2.24, 2.45) is 0 Å². The standard InChI is InChI=1S/C18H16ClN3/c1-12-16-11-22(9-6-13(16)2-3-17(12)19)18-15-5-7-20-10-14(15)4-8-21-18/h2-5,7-8,10H,6,9,11H2,1H3. The van der Waals surface area contributed by atoms with Crippen molar-refractivity contribution in [3.05, 3.63) is 64.6 Å². The van der Waals surface area contributed by atoms with E-state index in [4.69, 9.17) is 11.6 Å². The van der Waals surface area contributed by atoms with E-state index < -0.39 is 0 Å². The van der Waals surface area contributed by atoms with E-state index in [0.29, 0.717) is 0 Å². The topological polar surface area (TPSA) is 29.0 Å². The molecule has 0 fully saturated rings. The van der Waals surface area contributed by atoms with Crippen LogP contribution in [-0.2, 0) is 13.0 Å². The normalized spacial score (nSPS) is 14.2. The molecule has 0 saturated carbocycles. The summed E-state index contributed by atoms with van der Waals surface area (Å²) >= 11 is 6.29. The first-order valence-electron chi connectivity index (χ1n) is 7.44. The molecule has 1 aliphatic heterocycles. The first kappa shape index (κ1) is 13.5. The molecular formula is C18H16ClN3. The van der Waals surface area contributed by atoms with E-state index >= 15 is 0 Å². The number of rotatable bonds is 1. The lowest BCUT2D eigenvalue weighted by Gasteiger charge is -2.31. The summed E-state index contributed by atoms with van der Waals surface area (Å²) in [5, 5.41) is 3.12. The fraction of sp³-hybridized carbons (Fsp3) is 0.222. The van der Waals surface area contributed by atoms with Gasteiger partial charge in [0.15, 0.2) is 0 Å². The summed E-state index contributed by atoms with van der Waals surface area (Å²) in [6.07, 6.45) is 6.60. The second kappa shape index (κ2) is 5.25. The van der Waals surface area contributed by atoms with Gasteiger partial charge in [-0.3, -0.25) is 4.98 Å². The van der Waals surface area contributed by atoms with Crippen LogP contribution in [0, 0.1) is 6.92 Å². The number of anilines is 1. The second-order valence-corrected chi connectivity index (χ2v) is 6.12. The maximum atomic E-state index is 6.29. The quantitative estimate of drug-likeness (QED) is 0.676. The van der Waals surface area contributed by atoms with E-state index in [0.717, 1.165) is 41.1 Å². The van der Waals surface area contributed by atoms with Crippen LogP contribution in [0.1, 0.15) is 16.7 Å². The van der Waals surface area contributed by atoms with Crippen LogP contribution in [0.5, 0.6) is 0 Å². The van der Waals surface area contributed by atoms with E-state index in [1.54, 1.807) is 0 Å². The Bertz CT molecular complexity index is 855. The number of hydrogen-bond acceptors (Lipinski definition) is 3. The van der Waals surface area contributed by atoms with Crippen LogP contribution < -0.4 is 4.90 Å². The molecule has 22 heavy (non-hydrogen) atoms. The first-order valence-corrected chi connectivity index (χ1v) is 7.82. The van der Waals surface area contributed by atoms with Crippen LogP contribution >= 0.6 is 11.6 Å². The van der Waals surface area contributed by atoms with Gasteiger partial charge in [0.25, 0.3) is 0 Å². The maximum Gasteiger partial charge on any atom is 0.136 e. The van der Waals surface area contributed by atoms with Gasteiger partial charge >= 0.3 is 0 Å². The number of fused-ring (bicyclic) bond motifs is 2. The molecule has 0 atom stereocenters. The van der Waals surface area contributed by atoms with E-state index in [1.165, 1.54) is 16.7 Å². The molecular weight excluding hydrogens is 294 g/mol. The van der Waals surface area contributed by atoms with Crippen LogP contribution in [0.3, 0.4) is 0 Å². The zero-order valence-electron chi connectivity index (χ0n) is 12.4. The average Bonchev–Trinajstić information content (AvgIpc) is 2.57. The third kappa shape index (κ3) is 2.13. The molecule has 2 aromatic heterocycles. The molecule has 4 rings (SSSR count). The van der Waals surface area contributed by atoms with Crippen molar-refractivity contribution in [3.8, 4) is 0 Å². The van der Waals surface area contributed by atoms with E-state index in [9.17, 15) is 0 Å². The molecule has 4 heteroatoms. The summed E-state index contributed by atoms with van der Waals surface area (Å²) in [6, 6.07) is 8.21. The van der Waals surface area contributed by atoms with Gasteiger partial charge in [-0.15, -0.1) is 0 Å². The summed E-state index contributed by atoms with van der Waals surface area (Å²) < 4.78 is 0. The molecule has 3 aromatic rings. The van der Waals surface area contributed by atoms with Gasteiger partial charge in [0.1, 0.15) is 5.82 Å². The molecule has 0 N–H and O–H groups in total. The Morgan fingerprint density at radius 2 is 2.05 bits per heavy atom. The highest BCUT2D eigenvalue weighted by molar-refractivity contribution is 6.31. The van der Waals surface area contributed by atoms with Gasteiger partial charge in [-0.25, -0.2) is 4.98 Å². The summed E-state index contributed by atoms with van der Waals surface area (Å²) in [5.41, 5.74) is 3.93. The zero-order chi connectivity index (χ0) is 15.1. The smallest absolute Gasteiger partial charge is 0.136 e. The Kier molecular flexibility index (Phi) is 3.23. The number of halogens is 1. The van der Waals surface area contributed by atoms with Crippen molar-refractivity contribution in [1.82, 2.24) is 9.97 Å². The molecule has 1 aliphatic rings. The minimum Gasteiger partial charge on any atom is -0.351 e. The third-order valence-corrected chi connectivity index (χ3v) is 4.88. The van der Waals surface area contributed by atoms with Crippen molar-refractivity contribution < 1.29 is 0 Å². The third-order valence-electron chi connectivity index (χ3n) is 4.47. The molecule has 3 heterocycles. The highest BCUT2D eigenvalue weighted by Crippen LogP contribution is 2.32. The Morgan fingerprint density at radius 1 is 1.14 bits per heavy atom. The molecule has 0 spiro atoms. The Hall–Kier alpha value is -2.13. The van der Waals surface area contributed by atoms with Crippen LogP contribution in [0.4, 0.5) is 5.82 Å². The van der Waals surface area contributed by atoms with Crippen LogP contribution in [0.2, 0.25) is 5.02 Å². The molecule has 110 valence electrons. The summed E-state index contributed by atoms with van der Waals surface area (Å²) in [5.74, 6) is 1.03. The van der Waals surface area contributed by atoms with E-state index in [1.807, 2.05) is 36.8 Å². The van der Waals surface area contributed by atoms with Crippen molar-refractivity contribution in [1.29, 1.82) is 0 Å². The molecule has 3 nitrogen and oxygen atoms in total. The number of nitrogens with zero attached hydrogens (tertiary/aromatic N) is 3. The van der Waals surface area contributed by atoms with E-state index in [2.05, 4.69) is 27.9 Å². The largest absolute Gasteiger partial charge is 0.351 e. The predicted molar refractivity (Wildman–Crippen MR) is 90.5 cm³/mol. The molecule has 0 unspecified atom stereocenters. The van der Waals surface area contributed by atoms with Crippen molar-refractivity contribution in [2.75, 3.05) is 11.4 Å². The maximum absolute atomic E-state index is 6.29. The SMILES string of the molecule is Cc1c(Cl)ccc2c1CN(c1nccc3cnccc13)CC2. The van der Waals surface area contributed by atoms with E-state index in [-0.39, 0.29) is 0 Å². The molecule has 0 amide bonds. The van der Waals surface area contributed by atoms with Gasteiger partial charge < -0.3 is 4.90 Å². The summed E-state index contributed by atoms with van der Waals surface area (Å²) in [7, 11) is 0. The van der Waals surface area contributed by atoms with Gasteiger partial charge in [-0.1, -0.05) is 17.7 Å². The van der Waals surface area contributed by atoms with Crippen LogP contribution in [0.25, 0.3) is 10.8 Å². The predicted octanol–water partition coefficient (Wildman–Crippen LogP) is 4.15. The Morgan fingerprint density at radius 3 is 2.95 bits per heavy atom. The number of pyridine rings is 2. The molecule has 0 saturated heterocycles. The van der Waals surface area contributed by atoms with Gasteiger partial charge in [-0.2, -0.15) is 0 Å². The minimum atomic E-state index is 0.843. The van der Waals surface area contributed by atoms with Crippen molar-refractivity contribution >= 4 is 28.2 Å². The minimum absolute atomic E-state index is 0.843. The number of benzene rings is 1. The Balaban J connectivity index is 1.80. The Labute approximate surface area is 134 Å². The van der Waals surface area contributed by atoms with Crippen LogP contribution in [-0.4, -0.2) is 16.5 Å². The molecule has 0 radical (unpaired) electrons. The lowest BCUT2D eigenvalue weighted by Crippen LogP contribution is -2.31. The van der Waals surface area contributed by atoms with Gasteiger partial charge in [-0.05, 0) is 48.2 Å².